The highest BCUT2D eigenvalue weighted by molar-refractivity contribution is 5.84. The second-order valence-corrected chi connectivity index (χ2v) is 7.90. The zero-order valence-electron chi connectivity index (χ0n) is 15.6. The molecule has 1 saturated carbocycles. The van der Waals surface area contributed by atoms with Gasteiger partial charge in [-0.25, -0.2) is 4.98 Å². The van der Waals surface area contributed by atoms with Gasteiger partial charge in [-0.05, 0) is 44.6 Å². The number of ether oxygens (including phenoxy) is 1. The monoisotopic (exact) mass is 358 g/mol. The smallest absolute Gasteiger partial charge is 0.250 e. The predicted octanol–water partition coefficient (Wildman–Crippen LogP) is 1.53. The van der Waals surface area contributed by atoms with Crippen LogP contribution in [0.15, 0.2) is 18.5 Å². The van der Waals surface area contributed by atoms with E-state index in [4.69, 9.17) is 4.74 Å². The van der Waals surface area contributed by atoms with Gasteiger partial charge in [0.05, 0.1) is 0 Å². The average molecular weight is 358 g/mol. The lowest BCUT2D eigenvalue weighted by Gasteiger charge is -2.29. The SMILES string of the molecule is COCc1nc([C@H]2CN(C(=O)C(C)(C)n3cccn3)C[C@@H]2C2CC2)n[nH]1. The van der Waals surface area contributed by atoms with Crippen LogP contribution in [0.4, 0.5) is 0 Å². The van der Waals surface area contributed by atoms with Gasteiger partial charge in [-0.2, -0.15) is 10.2 Å². The first-order chi connectivity index (χ1) is 12.5. The van der Waals surface area contributed by atoms with Crippen LogP contribution in [0.5, 0.6) is 0 Å². The maximum absolute atomic E-state index is 13.2. The molecule has 1 amide bonds. The third kappa shape index (κ3) is 3.02. The Morgan fingerprint density at radius 3 is 2.85 bits per heavy atom. The molecule has 0 radical (unpaired) electrons. The number of nitrogens with one attached hydrogen (secondary N) is 1. The van der Waals surface area contributed by atoms with Crippen LogP contribution < -0.4 is 0 Å². The lowest BCUT2D eigenvalue weighted by molar-refractivity contribution is -0.138. The normalized spacial score (nSPS) is 23.6. The first-order valence-electron chi connectivity index (χ1n) is 9.20. The molecule has 8 heteroatoms. The van der Waals surface area contributed by atoms with Crippen LogP contribution in [0.1, 0.15) is 44.3 Å². The third-order valence-electron chi connectivity index (χ3n) is 5.64. The van der Waals surface area contributed by atoms with Crippen LogP contribution in [-0.2, 0) is 21.7 Å². The van der Waals surface area contributed by atoms with Gasteiger partial charge in [0.2, 0.25) is 5.91 Å². The average Bonchev–Trinajstić information content (AvgIpc) is 3.07. The molecule has 0 unspecified atom stereocenters. The molecule has 0 spiro atoms. The molecule has 1 N–H and O–H groups in total. The van der Waals surface area contributed by atoms with Crippen LogP contribution in [-0.4, -0.2) is 56.0 Å². The van der Waals surface area contributed by atoms with E-state index < -0.39 is 5.54 Å². The standard InChI is InChI=1S/C18H26N6O2/c1-18(2,24-8-4-7-19-24)17(25)23-9-13(12-5-6-12)14(10-23)16-20-15(11-26-3)21-22-16/h4,7-8,12-14H,5-6,9-11H2,1-3H3,(H,20,21,22)/t13-,14+/m1/s1. The molecular formula is C18H26N6O2. The van der Waals surface area contributed by atoms with Gasteiger partial charge in [0, 0.05) is 38.5 Å². The molecule has 3 heterocycles. The van der Waals surface area contributed by atoms with Crippen molar-refractivity contribution in [3.8, 4) is 0 Å². The Balaban J connectivity index is 1.54. The number of hydrogen-bond donors (Lipinski definition) is 1. The highest BCUT2D eigenvalue weighted by Crippen LogP contribution is 2.47. The van der Waals surface area contributed by atoms with Crippen LogP contribution in [0.3, 0.4) is 0 Å². The first kappa shape index (κ1) is 17.2. The zero-order chi connectivity index (χ0) is 18.3. The highest BCUT2D eigenvalue weighted by Gasteiger charge is 2.48. The highest BCUT2D eigenvalue weighted by atomic mass is 16.5. The zero-order valence-corrected chi connectivity index (χ0v) is 15.6. The van der Waals surface area contributed by atoms with Crippen molar-refractivity contribution < 1.29 is 9.53 Å². The van der Waals surface area contributed by atoms with E-state index in [1.54, 1.807) is 18.0 Å². The molecule has 0 bridgehead atoms. The second-order valence-electron chi connectivity index (χ2n) is 7.90. The van der Waals surface area contributed by atoms with Gasteiger partial charge in [-0.3, -0.25) is 14.6 Å². The van der Waals surface area contributed by atoms with Gasteiger partial charge >= 0.3 is 0 Å². The topological polar surface area (TPSA) is 88.9 Å². The fraction of sp³-hybridized carbons (Fsp3) is 0.667. The minimum Gasteiger partial charge on any atom is -0.377 e. The van der Waals surface area contributed by atoms with E-state index in [0.717, 1.165) is 18.2 Å². The van der Waals surface area contributed by atoms with Gasteiger partial charge in [-0.1, -0.05) is 0 Å². The van der Waals surface area contributed by atoms with Crippen molar-refractivity contribution in [1.82, 2.24) is 29.9 Å². The minimum atomic E-state index is -0.702. The summed E-state index contributed by atoms with van der Waals surface area (Å²) in [5.41, 5.74) is -0.702. The van der Waals surface area contributed by atoms with E-state index in [-0.39, 0.29) is 11.8 Å². The molecule has 140 valence electrons. The lowest BCUT2D eigenvalue weighted by Crippen LogP contribution is -2.46. The van der Waals surface area contributed by atoms with Crippen LogP contribution in [0.2, 0.25) is 0 Å². The number of aromatic nitrogens is 5. The van der Waals surface area contributed by atoms with E-state index in [0.29, 0.717) is 25.0 Å². The quantitative estimate of drug-likeness (QED) is 0.846. The summed E-state index contributed by atoms with van der Waals surface area (Å²) in [6, 6.07) is 1.85. The van der Waals surface area contributed by atoms with E-state index in [1.165, 1.54) is 12.8 Å². The number of H-pyrrole nitrogens is 1. The van der Waals surface area contributed by atoms with Crippen LogP contribution in [0.25, 0.3) is 0 Å². The van der Waals surface area contributed by atoms with E-state index in [2.05, 4.69) is 20.3 Å². The summed E-state index contributed by atoms with van der Waals surface area (Å²) >= 11 is 0. The minimum absolute atomic E-state index is 0.0991. The van der Waals surface area contributed by atoms with Crippen molar-refractivity contribution in [2.24, 2.45) is 11.8 Å². The number of methoxy groups -OCH3 is 1. The molecule has 4 rings (SSSR count). The van der Waals surface area contributed by atoms with E-state index in [9.17, 15) is 4.79 Å². The molecular weight excluding hydrogens is 332 g/mol. The summed E-state index contributed by atoms with van der Waals surface area (Å²) in [5.74, 6) is 2.93. The molecule has 26 heavy (non-hydrogen) atoms. The molecule has 1 aliphatic heterocycles. The number of likely N-dealkylation sites (tertiary alicyclic amines) is 1. The number of carbonyl (C=O) groups is 1. The summed E-state index contributed by atoms with van der Waals surface area (Å²) < 4.78 is 6.86. The van der Waals surface area contributed by atoms with Crippen molar-refractivity contribution in [3.63, 3.8) is 0 Å². The van der Waals surface area contributed by atoms with E-state index in [1.807, 2.05) is 31.0 Å². The van der Waals surface area contributed by atoms with Gasteiger partial charge in [0.25, 0.3) is 0 Å². The molecule has 2 aromatic rings. The molecule has 2 aliphatic rings. The van der Waals surface area contributed by atoms with Gasteiger partial charge < -0.3 is 9.64 Å². The molecule has 1 aliphatic carbocycles. The molecule has 2 aromatic heterocycles. The summed E-state index contributed by atoms with van der Waals surface area (Å²) in [6.07, 6.45) is 6.03. The Hall–Kier alpha value is -2.22. The number of hydrogen-bond acceptors (Lipinski definition) is 5. The van der Waals surface area contributed by atoms with Gasteiger partial charge in [0.15, 0.2) is 11.6 Å². The van der Waals surface area contributed by atoms with Crippen molar-refractivity contribution in [3.05, 3.63) is 30.1 Å². The fourth-order valence-electron chi connectivity index (χ4n) is 4.03. The summed E-state index contributed by atoms with van der Waals surface area (Å²) in [5, 5.41) is 11.6. The first-order valence-corrected chi connectivity index (χ1v) is 9.20. The molecule has 8 nitrogen and oxygen atoms in total. The van der Waals surface area contributed by atoms with Crippen molar-refractivity contribution in [2.75, 3.05) is 20.2 Å². The number of rotatable bonds is 6. The van der Waals surface area contributed by atoms with Crippen molar-refractivity contribution in [2.45, 2.75) is 44.8 Å². The fourth-order valence-corrected chi connectivity index (χ4v) is 4.03. The Morgan fingerprint density at radius 2 is 2.19 bits per heavy atom. The number of amides is 1. The molecule has 2 fully saturated rings. The number of aromatic amines is 1. The molecule has 0 aromatic carbocycles. The van der Waals surface area contributed by atoms with Gasteiger partial charge in [0.1, 0.15) is 12.1 Å². The van der Waals surface area contributed by atoms with Crippen LogP contribution in [0, 0.1) is 11.8 Å². The van der Waals surface area contributed by atoms with Crippen LogP contribution >= 0.6 is 0 Å². The third-order valence-corrected chi connectivity index (χ3v) is 5.64. The van der Waals surface area contributed by atoms with E-state index >= 15 is 0 Å². The summed E-state index contributed by atoms with van der Waals surface area (Å²) in [4.78, 5) is 19.8. The maximum Gasteiger partial charge on any atom is 0.250 e. The lowest BCUT2D eigenvalue weighted by atomic mass is 9.91. The van der Waals surface area contributed by atoms with Gasteiger partial charge in [-0.15, -0.1) is 0 Å². The van der Waals surface area contributed by atoms with Crippen molar-refractivity contribution >= 4 is 5.91 Å². The Kier molecular flexibility index (Phi) is 4.30. The molecule has 2 atom stereocenters. The summed E-state index contributed by atoms with van der Waals surface area (Å²) in [6.45, 7) is 5.70. The Bertz CT molecular complexity index is 765. The summed E-state index contributed by atoms with van der Waals surface area (Å²) in [7, 11) is 1.64. The maximum atomic E-state index is 13.2. The number of carbonyl (C=O) groups excluding carboxylic acids is 1. The predicted molar refractivity (Wildman–Crippen MR) is 94.2 cm³/mol. The Labute approximate surface area is 152 Å². The largest absolute Gasteiger partial charge is 0.377 e. The molecule has 1 saturated heterocycles. The van der Waals surface area contributed by atoms with Crippen molar-refractivity contribution in [1.29, 1.82) is 0 Å². The second kappa shape index (κ2) is 6.50. The Morgan fingerprint density at radius 1 is 1.38 bits per heavy atom. The number of nitrogens with zero attached hydrogens (tertiary/aromatic N) is 5.